The molecule has 0 radical (unpaired) electrons. The summed E-state index contributed by atoms with van der Waals surface area (Å²) in [6.07, 6.45) is 2.92. The number of sulfonamides is 2. The van der Waals surface area contributed by atoms with Gasteiger partial charge in [0.25, 0.3) is 10.0 Å². The molecular formula is C24H23N3O7S2. The van der Waals surface area contributed by atoms with Crippen LogP contribution in [0.4, 0.5) is 11.4 Å². The van der Waals surface area contributed by atoms with Crippen LogP contribution < -0.4 is 10.0 Å². The number of nitrogens with zero attached hydrogens (tertiary/aromatic N) is 1. The van der Waals surface area contributed by atoms with E-state index < -0.39 is 20.0 Å². The number of anilines is 2. The van der Waals surface area contributed by atoms with Gasteiger partial charge in [-0.3, -0.25) is 9.52 Å². The first kappa shape index (κ1) is 25.2. The van der Waals surface area contributed by atoms with Crippen LogP contribution in [-0.4, -0.2) is 27.0 Å². The molecule has 0 aliphatic carbocycles. The number of rotatable bonds is 10. The molecule has 2 heterocycles. The zero-order valence-corrected chi connectivity index (χ0v) is 20.8. The predicted octanol–water partition coefficient (Wildman–Crippen LogP) is 4.02. The fourth-order valence-corrected chi connectivity index (χ4v) is 5.79. The maximum Gasteiger partial charge on any atom is 0.261 e. The zero-order valence-electron chi connectivity index (χ0n) is 19.1. The van der Waals surface area contributed by atoms with Gasteiger partial charge in [0.1, 0.15) is 11.5 Å². The van der Waals surface area contributed by atoms with Gasteiger partial charge in [-0.25, -0.2) is 16.8 Å². The van der Waals surface area contributed by atoms with Crippen LogP contribution in [0.5, 0.6) is 0 Å². The Kier molecular flexibility index (Phi) is 7.29. The molecule has 10 nitrogen and oxygen atoms in total. The van der Waals surface area contributed by atoms with E-state index in [4.69, 9.17) is 8.83 Å². The van der Waals surface area contributed by atoms with Gasteiger partial charge in [0.05, 0.1) is 35.4 Å². The molecule has 4 aromatic rings. The highest BCUT2D eigenvalue weighted by Crippen LogP contribution is 2.24. The monoisotopic (exact) mass is 529 g/mol. The maximum absolute atomic E-state index is 13.4. The van der Waals surface area contributed by atoms with Crippen molar-refractivity contribution < 1.29 is 30.5 Å². The van der Waals surface area contributed by atoms with Crippen LogP contribution in [0.2, 0.25) is 0 Å². The lowest BCUT2D eigenvalue weighted by Crippen LogP contribution is -2.30. The molecule has 0 spiro atoms. The summed E-state index contributed by atoms with van der Waals surface area (Å²) in [7, 11) is -7.92. The fourth-order valence-electron chi connectivity index (χ4n) is 3.36. The molecule has 0 bridgehead atoms. The molecule has 4 rings (SSSR count). The van der Waals surface area contributed by atoms with E-state index in [2.05, 4.69) is 10.0 Å². The normalized spacial score (nSPS) is 11.9. The molecule has 0 unspecified atom stereocenters. The second-order valence-electron chi connectivity index (χ2n) is 7.77. The van der Waals surface area contributed by atoms with Gasteiger partial charge >= 0.3 is 0 Å². The van der Waals surface area contributed by atoms with Gasteiger partial charge in [0.15, 0.2) is 0 Å². The van der Waals surface area contributed by atoms with E-state index in [-0.39, 0.29) is 34.5 Å². The lowest BCUT2D eigenvalue weighted by molar-refractivity contribution is -0.114. The number of benzene rings is 2. The zero-order chi connectivity index (χ0) is 25.8. The maximum atomic E-state index is 13.4. The summed E-state index contributed by atoms with van der Waals surface area (Å²) in [6.45, 7) is 1.32. The Morgan fingerprint density at radius 2 is 1.25 bits per heavy atom. The van der Waals surface area contributed by atoms with Crippen molar-refractivity contribution in [1.29, 1.82) is 0 Å². The van der Waals surface area contributed by atoms with Crippen LogP contribution in [0.25, 0.3) is 0 Å². The molecule has 188 valence electrons. The Balaban J connectivity index is 1.52. The van der Waals surface area contributed by atoms with Gasteiger partial charge < -0.3 is 14.2 Å². The Hall–Kier alpha value is -3.87. The third-order valence-electron chi connectivity index (χ3n) is 5.05. The van der Waals surface area contributed by atoms with Crippen molar-refractivity contribution in [3.05, 3.63) is 96.8 Å². The van der Waals surface area contributed by atoms with E-state index in [0.29, 0.717) is 17.2 Å². The number of carbonyl (C=O) groups is 1. The van der Waals surface area contributed by atoms with E-state index in [1.54, 1.807) is 24.3 Å². The third-order valence-corrected chi connectivity index (χ3v) is 8.26. The van der Waals surface area contributed by atoms with Crippen LogP contribution in [0.1, 0.15) is 18.4 Å². The van der Waals surface area contributed by atoms with E-state index in [9.17, 15) is 21.6 Å². The standard InChI is InChI=1S/C24H23N3O7S2/c1-18(28)25-19-6-10-23(11-7-19)35(29,30)26-20-8-12-24(13-9-20)36(31,32)27(16-21-4-2-14-33-21)17-22-5-3-15-34-22/h2-15,26H,16-17H2,1H3,(H,25,28). The van der Waals surface area contributed by atoms with Crippen molar-refractivity contribution in [3.8, 4) is 0 Å². The Morgan fingerprint density at radius 3 is 1.72 bits per heavy atom. The van der Waals surface area contributed by atoms with Crippen LogP contribution in [0.3, 0.4) is 0 Å². The van der Waals surface area contributed by atoms with Crippen molar-refractivity contribution in [2.24, 2.45) is 0 Å². The predicted molar refractivity (Wildman–Crippen MR) is 132 cm³/mol. The van der Waals surface area contributed by atoms with Crippen LogP contribution in [0, 0.1) is 0 Å². The number of hydrogen-bond acceptors (Lipinski definition) is 7. The minimum atomic E-state index is -3.98. The van der Waals surface area contributed by atoms with Crippen molar-refractivity contribution in [2.45, 2.75) is 29.8 Å². The Labute approximate surface area is 208 Å². The van der Waals surface area contributed by atoms with Gasteiger partial charge in [-0.05, 0) is 72.8 Å². The minimum absolute atomic E-state index is 0.0150. The van der Waals surface area contributed by atoms with Crippen molar-refractivity contribution in [1.82, 2.24) is 4.31 Å². The smallest absolute Gasteiger partial charge is 0.261 e. The van der Waals surface area contributed by atoms with E-state index >= 15 is 0 Å². The third kappa shape index (κ3) is 6.03. The number of amides is 1. The molecule has 1 amide bonds. The van der Waals surface area contributed by atoms with E-state index in [0.717, 1.165) is 0 Å². The number of hydrogen-bond donors (Lipinski definition) is 2. The highest BCUT2D eigenvalue weighted by molar-refractivity contribution is 7.92. The molecule has 0 atom stereocenters. The SMILES string of the molecule is CC(=O)Nc1ccc(S(=O)(=O)Nc2ccc(S(=O)(=O)N(Cc3ccco3)Cc3ccco3)cc2)cc1. The number of nitrogens with one attached hydrogen (secondary N) is 2. The van der Waals surface area contributed by atoms with Gasteiger partial charge in [-0.1, -0.05) is 0 Å². The summed E-state index contributed by atoms with van der Waals surface area (Å²) in [5.74, 6) is 0.642. The molecule has 36 heavy (non-hydrogen) atoms. The lowest BCUT2D eigenvalue weighted by atomic mass is 10.3. The summed E-state index contributed by atoms with van der Waals surface area (Å²) in [5, 5.41) is 2.56. The number of furan rings is 2. The molecule has 12 heteroatoms. The summed E-state index contributed by atoms with van der Waals surface area (Å²) in [4.78, 5) is 11.1. The topological polar surface area (TPSA) is 139 Å². The minimum Gasteiger partial charge on any atom is -0.468 e. The van der Waals surface area contributed by atoms with E-state index in [1.165, 1.54) is 72.3 Å². The molecule has 0 aliphatic rings. The largest absolute Gasteiger partial charge is 0.468 e. The van der Waals surface area contributed by atoms with Crippen LogP contribution >= 0.6 is 0 Å². The van der Waals surface area contributed by atoms with Gasteiger partial charge in [0, 0.05) is 18.3 Å². The summed E-state index contributed by atoms with van der Waals surface area (Å²) >= 11 is 0. The van der Waals surface area contributed by atoms with Crippen molar-refractivity contribution in [3.63, 3.8) is 0 Å². The molecule has 0 fully saturated rings. The quantitative estimate of drug-likeness (QED) is 0.316. The molecule has 0 saturated carbocycles. The Bertz CT molecular complexity index is 1480. The van der Waals surface area contributed by atoms with Gasteiger partial charge in [-0.2, -0.15) is 4.31 Å². The molecule has 0 aliphatic heterocycles. The van der Waals surface area contributed by atoms with Crippen molar-refractivity contribution in [2.75, 3.05) is 10.0 Å². The average molecular weight is 530 g/mol. The second kappa shape index (κ2) is 10.4. The molecular weight excluding hydrogens is 506 g/mol. The second-order valence-corrected chi connectivity index (χ2v) is 11.4. The highest BCUT2D eigenvalue weighted by Gasteiger charge is 2.27. The summed E-state index contributed by atoms with van der Waals surface area (Å²) < 4.78 is 66.5. The summed E-state index contributed by atoms with van der Waals surface area (Å²) in [6, 6.07) is 17.7. The first-order valence-electron chi connectivity index (χ1n) is 10.7. The highest BCUT2D eigenvalue weighted by atomic mass is 32.2. The van der Waals surface area contributed by atoms with Gasteiger partial charge in [-0.15, -0.1) is 0 Å². The first-order chi connectivity index (χ1) is 17.1. The molecule has 2 aromatic heterocycles. The fraction of sp³-hybridized carbons (Fsp3) is 0.125. The van der Waals surface area contributed by atoms with Crippen LogP contribution in [0.15, 0.2) is 104 Å². The molecule has 0 saturated heterocycles. The average Bonchev–Trinajstić information content (AvgIpc) is 3.53. The lowest BCUT2D eigenvalue weighted by Gasteiger charge is -2.20. The molecule has 2 aromatic carbocycles. The number of carbonyl (C=O) groups excluding carboxylic acids is 1. The molecule has 2 N–H and O–H groups in total. The Morgan fingerprint density at radius 1 is 0.750 bits per heavy atom. The van der Waals surface area contributed by atoms with Crippen LogP contribution in [-0.2, 0) is 37.9 Å². The first-order valence-corrected chi connectivity index (χ1v) is 13.6. The summed E-state index contributed by atoms with van der Waals surface area (Å²) in [5.41, 5.74) is 0.646. The van der Waals surface area contributed by atoms with E-state index in [1.807, 2.05) is 0 Å². The van der Waals surface area contributed by atoms with Crippen molar-refractivity contribution >= 4 is 37.3 Å². The van der Waals surface area contributed by atoms with Gasteiger partial charge in [0.2, 0.25) is 15.9 Å².